The first kappa shape index (κ1) is 23.0. The SMILES string of the molecule is CCCCCCCCCCCCCCCCCCCCC#CP. The van der Waals surface area contributed by atoms with Crippen molar-refractivity contribution >= 4 is 9.24 Å². The quantitative estimate of drug-likeness (QED) is 0.134. The van der Waals surface area contributed by atoms with E-state index >= 15 is 0 Å². The van der Waals surface area contributed by atoms with E-state index in [0.29, 0.717) is 0 Å². The molecule has 136 valence electrons. The van der Waals surface area contributed by atoms with Gasteiger partial charge in [-0.1, -0.05) is 137 Å². The summed E-state index contributed by atoms with van der Waals surface area (Å²) in [5.74, 6) is 3.12. The molecule has 0 saturated heterocycles. The molecule has 0 nitrogen and oxygen atoms in total. The average molecular weight is 339 g/mol. The van der Waals surface area contributed by atoms with Crippen LogP contribution in [0.1, 0.15) is 129 Å². The number of rotatable bonds is 18. The standard InChI is InChI=1S/C22H43P/c1-2-3-4-5-6-7-8-9-10-11-12-13-14-15-16-17-18-19-20-21-22-23/h2-20,23H2,1H3. The lowest BCUT2D eigenvalue weighted by Crippen LogP contribution is -1.84. The number of unbranched alkanes of at least 4 members (excludes halogenated alkanes) is 18. The molecule has 0 saturated carbocycles. The first-order valence-corrected chi connectivity index (χ1v) is 11.2. The summed E-state index contributed by atoms with van der Waals surface area (Å²) in [5.41, 5.74) is 2.89. The highest BCUT2D eigenvalue weighted by molar-refractivity contribution is 7.23. The Labute approximate surface area is 150 Å². The summed E-state index contributed by atoms with van der Waals surface area (Å²) >= 11 is 0. The Morgan fingerprint density at radius 1 is 0.478 bits per heavy atom. The van der Waals surface area contributed by atoms with Crippen molar-refractivity contribution in [1.82, 2.24) is 0 Å². The third-order valence-electron chi connectivity index (χ3n) is 4.76. The third-order valence-corrected chi connectivity index (χ3v) is 4.96. The second-order valence-electron chi connectivity index (χ2n) is 7.08. The molecule has 0 aromatic carbocycles. The highest BCUT2D eigenvalue weighted by atomic mass is 31.0. The van der Waals surface area contributed by atoms with Crippen LogP contribution in [0.5, 0.6) is 0 Å². The molecule has 0 aliphatic heterocycles. The lowest BCUT2D eigenvalue weighted by atomic mass is 10.0. The van der Waals surface area contributed by atoms with Gasteiger partial charge in [-0.3, -0.25) is 0 Å². The Morgan fingerprint density at radius 3 is 1.09 bits per heavy atom. The fourth-order valence-corrected chi connectivity index (χ4v) is 3.33. The van der Waals surface area contributed by atoms with Crippen LogP contribution in [0.4, 0.5) is 0 Å². The minimum atomic E-state index is 1.09. The van der Waals surface area contributed by atoms with E-state index in [4.69, 9.17) is 0 Å². The summed E-state index contributed by atoms with van der Waals surface area (Å²) in [6, 6.07) is 0. The van der Waals surface area contributed by atoms with Gasteiger partial charge in [-0.05, 0) is 6.42 Å². The summed E-state index contributed by atoms with van der Waals surface area (Å²) in [5, 5.41) is 0. The molecule has 0 aliphatic rings. The molecule has 23 heavy (non-hydrogen) atoms. The van der Waals surface area contributed by atoms with Crippen molar-refractivity contribution in [2.75, 3.05) is 0 Å². The van der Waals surface area contributed by atoms with E-state index in [1.165, 1.54) is 116 Å². The maximum Gasteiger partial charge on any atom is 0.00919 e. The summed E-state index contributed by atoms with van der Waals surface area (Å²) in [4.78, 5) is 0. The molecule has 1 unspecified atom stereocenters. The monoisotopic (exact) mass is 338 g/mol. The molecular weight excluding hydrogens is 295 g/mol. The van der Waals surface area contributed by atoms with Crippen LogP contribution in [-0.2, 0) is 0 Å². The number of hydrogen-bond donors (Lipinski definition) is 0. The summed E-state index contributed by atoms with van der Waals surface area (Å²) < 4.78 is 0. The summed E-state index contributed by atoms with van der Waals surface area (Å²) in [7, 11) is 2.47. The van der Waals surface area contributed by atoms with Crippen molar-refractivity contribution in [1.29, 1.82) is 0 Å². The van der Waals surface area contributed by atoms with Gasteiger partial charge in [-0.2, -0.15) is 0 Å². The van der Waals surface area contributed by atoms with Crippen LogP contribution in [0.2, 0.25) is 0 Å². The van der Waals surface area contributed by atoms with Gasteiger partial charge in [0.1, 0.15) is 0 Å². The van der Waals surface area contributed by atoms with Crippen molar-refractivity contribution in [2.45, 2.75) is 129 Å². The van der Waals surface area contributed by atoms with Crippen molar-refractivity contribution in [2.24, 2.45) is 0 Å². The molecule has 0 aliphatic carbocycles. The van der Waals surface area contributed by atoms with E-state index in [0.717, 1.165) is 6.42 Å². The van der Waals surface area contributed by atoms with Crippen molar-refractivity contribution in [3.8, 4) is 11.6 Å². The third kappa shape index (κ3) is 22.0. The van der Waals surface area contributed by atoms with Crippen LogP contribution >= 0.6 is 9.24 Å². The Morgan fingerprint density at radius 2 is 0.783 bits per heavy atom. The molecule has 0 aromatic heterocycles. The Balaban J connectivity index is 2.95. The zero-order valence-electron chi connectivity index (χ0n) is 16.0. The lowest BCUT2D eigenvalue weighted by molar-refractivity contribution is 0.525. The van der Waals surface area contributed by atoms with Gasteiger partial charge in [0, 0.05) is 6.42 Å². The largest absolute Gasteiger partial charge is 0.0992 e. The molecule has 0 rings (SSSR count). The average Bonchev–Trinajstić information content (AvgIpc) is 2.57. The van der Waals surface area contributed by atoms with E-state index in [-0.39, 0.29) is 0 Å². The summed E-state index contributed by atoms with van der Waals surface area (Å²) in [6.07, 6.45) is 27.1. The minimum absolute atomic E-state index is 1.09. The maximum atomic E-state index is 3.12. The first-order valence-electron chi connectivity index (χ1n) is 10.6. The molecule has 0 amide bonds. The van der Waals surface area contributed by atoms with Gasteiger partial charge in [0.2, 0.25) is 0 Å². The molecule has 0 radical (unpaired) electrons. The van der Waals surface area contributed by atoms with Crippen molar-refractivity contribution in [3.63, 3.8) is 0 Å². The predicted molar refractivity (Wildman–Crippen MR) is 111 cm³/mol. The molecule has 1 atom stereocenters. The van der Waals surface area contributed by atoms with Crippen LogP contribution in [-0.4, -0.2) is 0 Å². The van der Waals surface area contributed by atoms with Gasteiger partial charge in [0.15, 0.2) is 0 Å². The van der Waals surface area contributed by atoms with Crippen molar-refractivity contribution in [3.05, 3.63) is 0 Å². The molecule has 0 heterocycles. The van der Waals surface area contributed by atoms with Gasteiger partial charge < -0.3 is 0 Å². The topological polar surface area (TPSA) is 0 Å². The lowest BCUT2D eigenvalue weighted by Gasteiger charge is -2.03. The Bertz CT molecular complexity index is 261. The van der Waals surface area contributed by atoms with Gasteiger partial charge in [0.25, 0.3) is 0 Å². The Hall–Kier alpha value is -0.0100. The predicted octanol–water partition coefficient (Wildman–Crippen LogP) is 8.25. The van der Waals surface area contributed by atoms with E-state index in [2.05, 4.69) is 27.7 Å². The zero-order chi connectivity index (χ0) is 16.8. The highest BCUT2D eigenvalue weighted by Crippen LogP contribution is 2.14. The van der Waals surface area contributed by atoms with E-state index in [1.54, 1.807) is 0 Å². The molecule has 1 heteroatoms. The second-order valence-corrected chi connectivity index (χ2v) is 7.37. The van der Waals surface area contributed by atoms with Crippen LogP contribution in [0.15, 0.2) is 0 Å². The van der Waals surface area contributed by atoms with Gasteiger partial charge in [0.05, 0.1) is 0 Å². The van der Waals surface area contributed by atoms with Crippen LogP contribution < -0.4 is 0 Å². The van der Waals surface area contributed by atoms with E-state index < -0.39 is 0 Å². The molecule has 0 spiro atoms. The second kappa shape index (κ2) is 22.0. The normalized spacial score (nSPS) is 10.5. The van der Waals surface area contributed by atoms with Crippen molar-refractivity contribution < 1.29 is 0 Å². The molecule has 0 bridgehead atoms. The minimum Gasteiger partial charge on any atom is -0.0992 e. The molecular formula is C22H43P. The first-order chi connectivity index (χ1) is 11.4. The fraction of sp³-hybridized carbons (Fsp3) is 0.909. The zero-order valence-corrected chi connectivity index (χ0v) is 17.2. The summed E-state index contributed by atoms with van der Waals surface area (Å²) in [6.45, 7) is 2.30. The van der Waals surface area contributed by atoms with E-state index in [9.17, 15) is 0 Å². The van der Waals surface area contributed by atoms with Gasteiger partial charge in [-0.25, -0.2) is 0 Å². The van der Waals surface area contributed by atoms with Gasteiger partial charge in [-0.15, -0.1) is 0 Å². The fourth-order valence-electron chi connectivity index (χ4n) is 3.19. The van der Waals surface area contributed by atoms with Crippen LogP contribution in [0.3, 0.4) is 0 Å². The highest BCUT2D eigenvalue weighted by Gasteiger charge is 1.94. The molecule has 0 aromatic rings. The molecule has 0 N–H and O–H groups in total. The smallest absolute Gasteiger partial charge is 0.00919 e. The Kier molecular flexibility index (Phi) is 22.0. The number of hydrogen-bond acceptors (Lipinski definition) is 0. The maximum absolute atomic E-state index is 3.12. The van der Waals surface area contributed by atoms with Crippen LogP contribution in [0, 0.1) is 11.6 Å². The van der Waals surface area contributed by atoms with Gasteiger partial charge >= 0.3 is 0 Å². The van der Waals surface area contributed by atoms with E-state index in [1.807, 2.05) is 0 Å². The molecule has 0 fully saturated rings. The van der Waals surface area contributed by atoms with Crippen LogP contribution in [0.25, 0.3) is 0 Å².